The van der Waals surface area contributed by atoms with Crippen LogP contribution in [0.15, 0.2) is 53.9 Å². The molecule has 0 unspecified atom stereocenters. The molecule has 3 aromatic rings. The second-order valence-electron chi connectivity index (χ2n) is 7.06. The van der Waals surface area contributed by atoms with Gasteiger partial charge in [0.15, 0.2) is 0 Å². The standard InChI is InChI=1S/C23H27N3O3S2/c1-3-18-15-30-23(24-18)20(14-16-8-11-19(12-9-16)26-31-28)25-22(27)13-10-17-6-4-5-7-21(17)29-2/h4-9,11-12,15,20,26,28H,3,10,13-14H2,1-2H3,(H,25,27)/t20-/m0/s1. The molecule has 3 N–H and O–H groups in total. The van der Waals surface area contributed by atoms with Gasteiger partial charge in [0.1, 0.15) is 23.0 Å². The molecule has 0 bridgehead atoms. The summed E-state index contributed by atoms with van der Waals surface area (Å²) in [5.41, 5.74) is 3.95. The van der Waals surface area contributed by atoms with Gasteiger partial charge in [-0.3, -0.25) is 4.79 Å². The third-order valence-electron chi connectivity index (χ3n) is 4.94. The smallest absolute Gasteiger partial charge is 0.220 e. The highest BCUT2D eigenvalue weighted by atomic mass is 32.2. The zero-order valence-electron chi connectivity index (χ0n) is 17.6. The number of aryl methyl sites for hydroxylation is 2. The zero-order valence-corrected chi connectivity index (χ0v) is 19.3. The second-order valence-corrected chi connectivity index (χ2v) is 8.33. The van der Waals surface area contributed by atoms with Gasteiger partial charge in [-0.1, -0.05) is 37.3 Å². The number of para-hydroxylation sites is 1. The Balaban J connectivity index is 1.69. The van der Waals surface area contributed by atoms with Gasteiger partial charge in [-0.25, -0.2) is 4.98 Å². The van der Waals surface area contributed by atoms with Gasteiger partial charge in [-0.05, 0) is 48.6 Å². The van der Waals surface area contributed by atoms with Gasteiger partial charge in [0.2, 0.25) is 5.91 Å². The lowest BCUT2D eigenvalue weighted by Gasteiger charge is -2.17. The number of nitrogens with one attached hydrogen (secondary N) is 2. The summed E-state index contributed by atoms with van der Waals surface area (Å²) in [5, 5.41) is 6.14. The number of thiazole rings is 1. The van der Waals surface area contributed by atoms with E-state index in [9.17, 15) is 4.79 Å². The summed E-state index contributed by atoms with van der Waals surface area (Å²) in [6.45, 7) is 2.07. The van der Waals surface area contributed by atoms with Gasteiger partial charge < -0.3 is 19.3 Å². The quantitative estimate of drug-likeness (QED) is 0.268. The van der Waals surface area contributed by atoms with E-state index in [0.717, 1.165) is 39.7 Å². The fourth-order valence-corrected chi connectivity index (χ4v) is 4.46. The van der Waals surface area contributed by atoms with Crippen molar-refractivity contribution in [2.45, 2.75) is 38.6 Å². The maximum absolute atomic E-state index is 12.8. The van der Waals surface area contributed by atoms with Crippen molar-refractivity contribution < 1.29 is 14.1 Å². The molecule has 0 saturated carbocycles. The number of amides is 1. The number of rotatable bonds is 11. The highest BCUT2D eigenvalue weighted by molar-refractivity contribution is 7.95. The van der Waals surface area contributed by atoms with E-state index in [1.807, 2.05) is 48.5 Å². The predicted molar refractivity (Wildman–Crippen MR) is 128 cm³/mol. The first-order valence-electron chi connectivity index (χ1n) is 10.1. The van der Waals surface area contributed by atoms with Crippen molar-refractivity contribution in [3.63, 3.8) is 0 Å². The van der Waals surface area contributed by atoms with Gasteiger partial charge >= 0.3 is 0 Å². The van der Waals surface area contributed by atoms with Crippen LogP contribution in [0.4, 0.5) is 5.69 Å². The van der Waals surface area contributed by atoms with Crippen LogP contribution in [-0.4, -0.2) is 22.6 Å². The molecule has 3 rings (SSSR count). The summed E-state index contributed by atoms with van der Waals surface area (Å²) in [7, 11) is 1.64. The molecule has 0 radical (unpaired) electrons. The monoisotopic (exact) mass is 457 g/mol. The van der Waals surface area contributed by atoms with Crippen molar-refractivity contribution in [2.24, 2.45) is 0 Å². The molecule has 31 heavy (non-hydrogen) atoms. The Morgan fingerprint density at radius 3 is 2.68 bits per heavy atom. The minimum Gasteiger partial charge on any atom is -0.496 e. The van der Waals surface area contributed by atoms with Crippen molar-refractivity contribution in [2.75, 3.05) is 11.8 Å². The lowest BCUT2D eigenvalue weighted by Crippen LogP contribution is -2.30. The first kappa shape index (κ1) is 23.1. The van der Waals surface area contributed by atoms with Crippen LogP contribution in [0.3, 0.4) is 0 Å². The Morgan fingerprint density at radius 2 is 2.00 bits per heavy atom. The van der Waals surface area contributed by atoms with Gasteiger partial charge in [0, 0.05) is 17.5 Å². The van der Waals surface area contributed by atoms with E-state index < -0.39 is 0 Å². The molecule has 8 heteroatoms. The Hall–Kier alpha value is -2.55. The van der Waals surface area contributed by atoms with Crippen LogP contribution in [-0.2, 0) is 24.1 Å². The molecule has 2 aromatic carbocycles. The number of aromatic nitrogens is 1. The molecule has 1 amide bonds. The molecule has 0 saturated heterocycles. The van der Waals surface area contributed by atoms with Crippen molar-refractivity contribution in [3.8, 4) is 5.75 Å². The van der Waals surface area contributed by atoms with E-state index in [0.29, 0.717) is 31.5 Å². The normalized spacial score (nSPS) is 11.7. The van der Waals surface area contributed by atoms with Gasteiger partial charge in [0.25, 0.3) is 0 Å². The average Bonchev–Trinajstić information content (AvgIpc) is 3.28. The molecular formula is C23H27N3O3S2. The first-order chi connectivity index (χ1) is 15.1. The molecule has 0 fully saturated rings. The molecule has 1 aromatic heterocycles. The minimum atomic E-state index is -0.193. The predicted octanol–water partition coefficient (Wildman–Crippen LogP) is 5.28. The Kier molecular flexibility index (Phi) is 8.75. The van der Waals surface area contributed by atoms with Crippen LogP contribution in [0.25, 0.3) is 0 Å². The summed E-state index contributed by atoms with van der Waals surface area (Å²) in [4.78, 5) is 17.5. The number of anilines is 1. The zero-order chi connectivity index (χ0) is 22.1. The van der Waals surface area contributed by atoms with E-state index in [-0.39, 0.29) is 11.9 Å². The number of carbonyl (C=O) groups is 1. The van der Waals surface area contributed by atoms with Gasteiger partial charge in [-0.2, -0.15) is 0 Å². The summed E-state index contributed by atoms with van der Waals surface area (Å²) < 4.78 is 17.1. The van der Waals surface area contributed by atoms with Crippen LogP contribution in [0.5, 0.6) is 5.75 Å². The van der Waals surface area contributed by atoms with Crippen molar-refractivity contribution in [3.05, 3.63) is 75.7 Å². The summed E-state index contributed by atoms with van der Waals surface area (Å²) >= 11 is 2.15. The van der Waals surface area contributed by atoms with Crippen molar-refractivity contribution in [1.82, 2.24) is 10.3 Å². The molecule has 0 spiro atoms. The van der Waals surface area contributed by atoms with Gasteiger partial charge in [0.05, 0.1) is 18.8 Å². The fourth-order valence-electron chi connectivity index (χ4n) is 3.27. The maximum Gasteiger partial charge on any atom is 0.220 e. The van der Waals surface area contributed by atoms with Crippen LogP contribution in [0.2, 0.25) is 0 Å². The topological polar surface area (TPSA) is 83.5 Å². The third-order valence-corrected chi connectivity index (χ3v) is 6.27. The molecule has 1 atom stereocenters. The fraction of sp³-hybridized carbons (Fsp3) is 0.304. The van der Waals surface area contributed by atoms with Crippen molar-refractivity contribution >= 4 is 35.2 Å². The number of ether oxygens (including phenoxy) is 1. The van der Waals surface area contributed by atoms with Crippen LogP contribution in [0.1, 0.15) is 41.2 Å². The van der Waals surface area contributed by atoms with Crippen LogP contribution >= 0.6 is 23.6 Å². The van der Waals surface area contributed by atoms with E-state index in [1.165, 1.54) is 0 Å². The molecule has 1 heterocycles. The third kappa shape index (κ3) is 6.72. The number of nitrogens with zero attached hydrogens (tertiary/aromatic N) is 1. The second kappa shape index (κ2) is 11.7. The molecular weight excluding hydrogens is 430 g/mol. The van der Waals surface area contributed by atoms with Crippen LogP contribution < -0.4 is 14.8 Å². The number of methoxy groups -OCH3 is 1. The van der Waals surface area contributed by atoms with E-state index >= 15 is 0 Å². The summed E-state index contributed by atoms with van der Waals surface area (Å²) in [5.74, 6) is 0.785. The number of benzene rings is 2. The molecule has 0 aliphatic heterocycles. The number of carbonyl (C=O) groups excluding carboxylic acids is 1. The highest BCUT2D eigenvalue weighted by Crippen LogP contribution is 2.25. The molecule has 0 aliphatic rings. The van der Waals surface area contributed by atoms with E-state index in [1.54, 1.807) is 18.4 Å². The largest absolute Gasteiger partial charge is 0.496 e. The minimum absolute atomic E-state index is 0.0147. The number of hydrogen-bond donors (Lipinski definition) is 3. The first-order valence-corrected chi connectivity index (χ1v) is 11.8. The Labute approximate surface area is 191 Å². The summed E-state index contributed by atoms with van der Waals surface area (Å²) in [6.07, 6.45) is 2.49. The number of hydrogen-bond acceptors (Lipinski definition) is 7. The van der Waals surface area contributed by atoms with E-state index in [4.69, 9.17) is 14.3 Å². The van der Waals surface area contributed by atoms with Crippen LogP contribution in [0, 0.1) is 0 Å². The molecule has 0 aliphatic carbocycles. The van der Waals surface area contributed by atoms with Gasteiger partial charge in [-0.15, -0.1) is 11.3 Å². The van der Waals surface area contributed by atoms with Crippen molar-refractivity contribution in [1.29, 1.82) is 0 Å². The maximum atomic E-state index is 12.8. The molecule has 6 nitrogen and oxygen atoms in total. The summed E-state index contributed by atoms with van der Waals surface area (Å²) in [6, 6.07) is 15.4. The highest BCUT2D eigenvalue weighted by Gasteiger charge is 2.19. The average molecular weight is 458 g/mol. The SMILES string of the molecule is CCc1csc([C@H](Cc2ccc(NSO)cc2)NC(=O)CCc2ccccc2OC)n1. The molecule has 164 valence electrons. The van der Waals surface area contributed by atoms with E-state index in [2.05, 4.69) is 22.3 Å². The Bertz CT molecular complexity index is 976. The lowest BCUT2D eigenvalue weighted by molar-refractivity contribution is -0.121. The Morgan fingerprint density at radius 1 is 1.23 bits per heavy atom. The lowest BCUT2D eigenvalue weighted by atomic mass is 10.0.